The van der Waals surface area contributed by atoms with Gasteiger partial charge in [-0.15, -0.1) is 0 Å². The normalized spacial score (nSPS) is 19.0. The van der Waals surface area contributed by atoms with Crippen molar-refractivity contribution in [2.75, 3.05) is 13.1 Å². The third kappa shape index (κ3) is 4.55. The van der Waals surface area contributed by atoms with Crippen LogP contribution in [0.4, 0.5) is 4.79 Å². The topological polar surface area (TPSA) is 102 Å². The highest BCUT2D eigenvalue weighted by atomic mass is 35.5. The van der Waals surface area contributed by atoms with Crippen LogP contribution in [0.1, 0.15) is 24.0 Å². The average Bonchev–Trinajstić information content (AvgIpc) is 3.05. The molecule has 2 fully saturated rings. The molecular weight excluding hydrogens is 491 g/mol. The lowest BCUT2D eigenvalue weighted by atomic mass is 9.61. The molecule has 1 spiro atoms. The van der Waals surface area contributed by atoms with Gasteiger partial charge in [0.15, 0.2) is 0 Å². The van der Waals surface area contributed by atoms with E-state index in [9.17, 15) is 18.0 Å². The molecule has 33 heavy (non-hydrogen) atoms. The Morgan fingerprint density at radius 1 is 1.15 bits per heavy atom. The minimum absolute atomic E-state index is 0.0665. The number of halogens is 2. The Bertz CT molecular complexity index is 1230. The van der Waals surface area contributed by atoms with Gasteiger partial charge in [-0.2, -0.15) is 0 Å². The summed E-state index contributed by atoms with van der Waals surface area (Å²) in [4.78, 5) is 25.4. The van der Waals surface area contributed by atoms with E-state index in [1.807, 2.05) is 0 Å². The Balaban J connectivity index is 1.10. The molecule has 2 aliphatic heterocycles. The van der Waals surface area contributed by atoms with Gasteiger partial charge in [0.2, 0.25) is 10.0 Å². The van der Waals surface area contributed by atoms with Gasteiger partial charge < -0.3 is 14.4 Å². The maximum atomic E-state index is 12.7. The highest BCUT2D eigenvalue weighted by Crippen LogP contribution is 2.49. The summed E-state index contributed by atoms with van der Waals surface area (Å²) in [5, 5.41) is 0.945. The number of nitrogens with one attached hydrogen (secondary N) is 1. The number of rotatable bonds is 5. The van der Waals surface area contributed by atoms with E-state index in [2.05, 4.69) is 4.72 Å². The quantitative estimate of drug-likeness (QED) is 0.487. The smallest absolute Gasteiger partial charge is 0.410 e. The fourth-order valence-corrected chi connectivity index (χ4v) is 6.52. The first-order chi connectivity index (χ1) is 15.6. The van der Waals surface area contributed by atoms with Crippen LogP contribution in [0.5, 0.6) is 5.75 Å². The molecule has 1 N–H and O–H groups in total. The van der Waals surface area contributed by atoms with E-state index in [4.69, 9.17) is 32.7 Å². The van der Waals surface area contributed by atoms with Gasteiger partial charge in [0.25, 0.3) is 0 Å². The van der Waals surface area contributed by atoms with Gasteiger partial charge in [-0.25, -0.2) is 17.9 Å². The van der Waals surface area contributed by atoms with Crippen molar-refractivity contribution in [2.45, 2.75) is 36.8 Å². The standard InChI is InChI=1S/C22H20Cl2N2O6S/c23-15-3-13(4-16(24)6-15)10-31-21(28)26-11-22(12-26)8-17(9-22)25-33(29,30)18-2-1-14-5-20(27)32-19(14)7-18/h1-4,6-7,17,25H,5,8-12H2. The van der Waals surface area contributed by atoms with Crippen molar-refractivity contribution in [1.82, 2.24) is 9.62 Å². The van der Waals surface area contributed by atoms with Crippen molar-refractivity contribution < 1.29 is 27.5 Å². The summed E-state index contributed by atoms with van der Waals surface area (Å²) >= 11 is 11.9. The number of ether oxygens (including phenoxy) is 2. The van der Waals surface area contributed by atoms with Crippen LogP contribution in [0.25, 0.3) is 0 Å². The number of amides is 1. The SMILES string of the molecule is O=C1Cc2ccc(S(=O)(=O)NC3CC4(C3)CN(C(=O)OCc3cc(Cl)cc(Cl)c3)C4)cc2O1. The van der Waals surface area contributed by atoms with Crippen LogP contribution in [0.3, 0.4) is 0 Å². The van der Waals surface area contributed by atoms with E-state index < -0.39 is 22.1 Å². The lowest BCUT2D eigenvalue weighted by Gasteiger charge is -2.58. The molecule has 0 aromatic heterocycles. The van der Waals surface area contributed by atoms with Gasteiger partial charge in [0.1, 0.15) is 12.4 Å². The molecule has 2 aromatic rings. The zero-order valence-corrected chi connectivity index (χ0v) is 19.7. The number of fused-ring (bicyclic) bond motifs is 1. The van der Waals surface area contributed by atoms with Crippen LogP contribution in [-0.4, -0.2) is 44.5 Å². The minimum Gasteiger partial charge on any atom is -0.445 e. The van der Waals surface area contributed by atoms with Crippen LogP contribution >= 0.6 is 23.2 Å². The maximum absolute atomic E-state index is 12.7. The number of likely N-dealkylation sites (tertiary alicyclic amines) is 1. The number of carbonyl (C=O) groups excluding carboxylic acids is 2. The third-order valence-corrected chi connectivity index (χ3v) is 8.14. The zero-order chi connectivity index (χ0) is 23.4. The molecule has 0 atom stereocenters. The number of hydrogen-bond donors (Lipinski definition) is 1. The zero-order valence-electron chi connectivity index (χ0n) is 17.3. The molecule has 1 saturated heterocycles. The monoisotopic (exact) mass is 510 g/mol. The second kappa shape index (κ2) is 8.16. The summed E-state index contributed by atoms with van der Waals surface area (Å²) in [5.41, 5.74) is 1.30. The van der Waals surface area contributed by atoms with Crippen molar-refractivity contribution in [3.05, 3.63) is 57.6 Å². The molecule has 3 aliphatic rings. The van der Waals surface area contributed by atoms with Crippen molar-refractivity contribution in [3.8, 4) is 5.75 Å². The predicted octanol–water partition coefficient (Wildman–Crippen LogP) is 3.53. The van der Waals surface area contributed by atoms with Crippen LogP contribution in [0, 0.1) is 5.41 Å². The largest absolute Gasteiger partial charge is 0.445 e. The van der Waals surface area contributed by atoms with Gasteiger partial charge in [-0.05, 0) is 42.7 Å². The van der Waals surface area contributed by atoms with Gasteiger partial charge in [0.05, 0.1) is 11.3 Å². The first-order valence-corrected chi connectivity index (χ1v) is 12.6. The Labute approximate surface area is 200 Å². The molecule has 11 heteroatoms. The van der Waals surface area contributed by atoms with Gasteiger partial charge in [0, 0.05) is 46.2 Å². The molecule has 174 valence electrons. The Morgan fingerprint density at radius 2 is 1.85 bits per heavy atom. The number of nitrogens with zero attached hydrogens (tertiary/aromatic N) is 1. The Morgan fingerprint density at radius 3 is 2.55 bits per heavy atom. The lowest BCUT2D eigenvalue weighted by Crippen LogP contribution is -2.67. The van der Waals surface area contributed by atoms with E-state index in [-0.39, 0.29) is 29.4 Å². The highest BCUT2D eigenvalue weighted by Gasteiger charge is 2.54. The number of sulfonamides is 1. The third-order valence-electron chi connectivity index (χ3n) is 6.18. The van der Waals surface area contributed by atoms with Crippen molar-refractivity contribution in [3.63, 3.8) is 0 Å². The molecule has 0 radical (unpaired) electrons. The van der Waals surface area contributed by atoms with Crippen LogP contribution in [-0.2, 0) is 32.6 Å². The van der Waals surface area contributed by atoms with Crippen molar-refractivity contribution >= 4 is 45.3 Å². The average molecular weight is 511 g/mol. The maximum Gasteiger partial charge on any atom is 0.410 e. The molecular formula is C22H20Cl2N2O6S. The summed E-state index contributed by atoms with van der Waals surface area (Å²) in [5.74, 6) is -0.0981. The second-order valence-corrected chi connectivity index (χ2v) is 11.4. The first kappa shape index (κ1) is 22.5. The minimum atomic E-state index is -3.74. The predicted molar refractivity (Wildman–Crippen MR) is 120 cm³/mol. The van der Waals surface area contributed by atoms with E-state index in [0.717, 1.165) is 0 Å². The molecule has 0 bridgehead atoms. The summed E-state index contributed by atoms with van der Waals surface area (Å²) in [7, 11) is -3.74. The molecule has 0 unspecified atom stereocenters. The molecule has 5 rings (SSSR count). The van der Waals surface area contributed by atoms with Gasteiger partial charge >= 0.3 is 12.1 Å². The second-order valence-electron chi connectivity index (χ2n) is 8.84. The highest BCUT2D eigenvalue weighted by molar-refractivity contribution is 7.89. The van der Waals surface area contributed by atoms with Crippen LogP contribution in [0.2, 0.25) is 10.0 Å². The first-order valence-electron chi connectivity index (χ1n) is 10.3. The van der Waals surface area contributed by atoms with E-state index >= 15 is 0 Å². The van der Waals surface area contributed by atoms with Gasteiger partial charge in [-0.1, -0.05) is 29.3 Å². The van der Waals surface area contributed by atoms with E-state index in [1.165, 1.54) is 12.1 Å². The molecule has 1 saturated carbocycles. The number of carbonyl (C=O) groups is 2. The van der Waals surface area contributed by atoms with Gasteiger partial charge in [-0.3, -0.25) is 4.79 Å². The molecule has 8 nitrogen and oxygen atoms in total. The number of esters is 1. The lowest BCUT2D eigenvalue weighted by molar-refractivity contribution is -0.131. The number of hydrogen-bond acceptors (Lipinski definition) is 6. The fourth-order valence-electron chi connectivity index (χ4n) is 4.70. The van der Waals surface area contributed by atoms with Crippen LogP contribution < -0.4 is 9.46 Å². The fraction of sp³-hybridized carbons (Fsp3) is 0.364. The van der Waals surface area contributed by atoms with Crippen LogP contribution in [0.15, 0.2) is 41.3 Å². The summed E-state index contributed by atoms with van der Waals surface area (Å²) < 4.78 is 38.5. The Hall–Kier alpha value is -2.33. The summed E-state index contributed by atoms with van der Waals surface area (Å²) in [6.45, 7) is 1.12. The summed E-state index contributed by atoms with van der Waals surface area (Å²) in [6, 6.07) is 9.23. The Kier molecular flexibility index (Phi) is 5.55. The molecule has 2 heterocycles. The summed E-state index contributed by atoms with van der Waals surface area (Å²) in [6.07, 6.45) is 1.01. The van der Waals surface area contributed by atoms with Crippen molar-refractivity contribution in [1.29, 1.82) is 0 Å². The van der Waals surface area contributed by atoms with Crippen molar-refractivity contribution in [2.24, 2.45) is 5.41 Å². The molecule has 1 aliphatic carbocycles. The molecule has 2 aromatic carbocycles. The van der Waals surface area contributed by atoms with E-state index in [1.54, 1.807) is 29.2 Å². The van der Waals surface area contributed by atoms with E-state index in [0.29, 0.717) is 52.9 Å². The molecule has 1 amide bonds. The number of benzene rings is 2.